The molecule has 0 aromatic heterocycles. The smallest absolute Gasteiger partial charge is 0.140 e. The molecule has 5 heteroatoms. The second-order valence-electron chi connectivity index (χ2n) is 4.52. The van der Waals surface area contributed by atoms with Crippen LogP contribution in [0.15, 0.2) is 5.16 Å². The molecule has 1 rings (SSSR count). The molecule has 5 nitrogen and oxygen atoms in total. The molecule has 1 aliphatic heterocycles. The van der Waals surface area contributed by atoms with Gasteiger partial charge in [0.15, 0.2) is 0 Å². The topological polar surface area (TPSA) is 73.9 Å². The molecule has 0 aromatic rings. The number of rotatable bonds is 5. The zero-order valence-electron chi connectivity index (χ0n) is 9.61. The van der Waals surface area contributed by atoms with Gasteiger partial charge in [0.2, 0.25) is 0 Å². The van der Waals surface area contributed by atoms with E-state index in [0.29, 0.717) is 12.3 Å². The number of hydrogen-bond donors (Lipinski definition) is 3. The van der Waals surface area contributed by atoms with Crippen LogP contribution in [0.5, 0.6) is 0 Å². The van der Waals surface area contributed by atoms with Crippen LogP contribution in [-0.2, 0) is 0 Å². The fraction of sp³-hybridized carbons (Fsp3) is 0.900. The quantitative estimate of drug-likeness (QED) is 0.262. The Morgan fingerprint density at radius 1 is 1.73 bits per heavy atom. The number of nitrogens with two attached hydrogens (primary N) is 1. The fourth-order valence-corrected chi connectivity index (χ4v) is 1.99. The van der Waals surface area contributed by atoms with Crippen LogP contribution < -0.4 is 11.1 Å². The fourth-order valence-electron chi connectivity index (χ4n) is 1.99. The van der Waals surface area contributed by atoms with Gasteiger partial charge in [0, 0.05) is 19.0 Å². The van der Waals surface area contributed by atoms with Gasteiger partial charge in [0.05, 0.1) is 0 Å². The van der Waals surface area contributed by atoms with Crippen molar-refractivity contribution in [1.82, 2.24) is 10.2 Å². The van der Waals surface area contributed by atoms with Crippen molar-refractivity contribution in [3.8, 4) is 0 Å². The molecule has 1 aliphatic rings. The Labute approximate surface area is 91.3 Å². The molecule has 0 saturated carbocycles. The Morgan fingerprint density at radius 2 is 2.47 bits per heavy atom. The predicted molar refractivity (Wildman–Crippen MR) is 61.1 cm³/mol. The van der Waals surface area contributed by atoms with Gasteiger partial charge in [-0.3, -0.25) is 0 Å². The highest BCUT2D eigenvalue weighted by Gasteiger charge is 2.19. The van der Waals surface area contributed by atoms with Crippen molar-refractivity contribution in [2.24, 2.45) is 16.8 Å². The molecule has 1 saturated heterocycles. The predicted octanol–water partition coefficient (Wildman–Crippen LogP) is 0.0527. The summed E-state index contributed by atoms with van der Waals surface area (Å²) in [4.78, 5) is 2.35. The van der Waals surface area contributed by atoms with E-state index in [0.717, 1.165) is 12.5 Å². The Kier molecular flexibility index (Phi) is 4.84. The Morgan fingerprint density at radius 3 is 3.00 bits per heavy atom. The largest absolute Gasteiger partial charge is 0.409 e. The first kappa shape index (κ1) is 12.3. The van der Waals surface area contributed by atoms with Gasteiger partial charge in [-0.15, -0.1) is 0 Å². The molecule has 1 heterocycles. The monoisotopic (exact) mass is 214 g/mol. The van der Waals surface area contributed by atoms with E-state index in [2.05, 4.69) is 29.3 Å². The van der Waals surface area contributed by atoms with Crippen LogP contribution in [-0.4, -0.2) is 48.7 Å². The molecule has 88 valence electrons. The molecule has 4 N–H and O–H groups in total. The van der Waals surface area contributed by atoms with E-state index in [1.54, 1.807) is 0 Å². The molecule has 0 aromatic carbocycles. The van der Waals surface area contributed by atoms with E-state index >= 15 is 0 Å². The highest BCUT2D eigenvalue weighted by Crippen LogP contribution is 2.13. The molecule has 0 radical (unpaired) electrons. The van der Waals surface area contributed by atoms with Crippen LogP contribution in [0.1, 0.15) is 19.8 Å². The minimum Gasteiger partial charge on any atom is -0.409 e. The average Bonchev–Trinajstić information content (AvgIpc) is 2.61. The molecule has 0 spiro atoms. The summed E-state index contributed by atoms with van der Waals surface area (Å²) < 4.78 is 0. The lowest BCUT2D eigenvalue weighted by Gasteiger charge is -2.16. The molecule has 2 unspecified atom stereocenters. The number of nitrogens with one attached hydrogen (secondary N) is 1. The van der Waals surface area contributed by atoms with Crippen molar-refractivity contribution >= 4 is 5.84 Å². The lowest BCUT2D eigenvalue weighted by molar-refractivity contribution is 0.315. The Hall–Kier alpha value is -0.810. The standard InChI is InChI=1S/C10H22N4O/c1-8(5-10(11)13-15)12-6-9-3-4-14(2)7-9/h8-9,12,15H,3-7H2,1-2H3,(H2,11,13). The van der Waals surface area contributed by atoms with Gasteiger partial charge in [0.25, 0.3) is 0 Å². The Bertz CT molecular complexity index is 219. The summed E-state index contributed by atoms with van der Waals surface area (Å²) in [5.74, 6) is 1.03. The van der Waals surface area contributed by atoms with Gasteiger partial charge in [-0.25, -0.2) is 0 Å². The van der Waals surface area contributed by atoms with E-state index in [4.69, 9.17) is 10.9 Å². The second kappa shape index (κ2) is 5.92. The van der Waals surface area contributed by atoms with Crippen molar-refractivity contribution < 1.29 is 5.21 Å². The molecule has 15 heavy (non-hydrogen) atoms. The maximum Gasteiger partial charge on any atom is 0.140 e. The van der Waals surface area contributed by atoms with Crippen LogP contribution in [0.2, 0.25) is 0 Å². The van der Waals surface area contributed by atoms with Crippen molar-refractivity contribution in [2.75, 3.05) is 26.7 Å². The molecule has 0 amide bonds. The normalized spacial score (nSPS) is 25.7. The van der Waals surface area contributed by atoms with Crippen LogP contribution in [0, 0.1) is 5.92 Å². The van der Waals surface area contributed by atoms with Gasteiger partial charge < -0.3 is 21.2 Å². The summed E-state index contributed by atoms with van der Waals surface area (Å²) in [7, 11) is 2.15. The number of oxime groups is 1. The highest BCUT2D eigenvalue weighted by atomic mass is 16.4. The third-order valence-corrected chi connectivity index (χ3v) is 2.89. The maximum atomic E-state index is 8.43. The summed E-state index contributed by atoms with van der Waals surface area (Å²) in [5.41, 5.74) is 5.43. The average molecular weight is 214 g/mol. The van der Waals surface area contributed by atoms with Crippen molar-refractivity contribution in [1.29, 1.82) is 0 Å². The number of hydrogen-bond acceptors (Lipinski definition) is 4. The van der Waals surface area contributed by atoms with Crippen LogP contribution in [0.4, 0.5) is 0 Å². The SMILES string of the molecule is CC(CC(N)=NO)NCC1CCN(C)C1. The zero-order chi connectivity index (χ0) is 11.3. The molecule has 1 fully saturated rings. The van der Waals surface area contributed by atoms with Crippen LogP contribution in [0.3, 0.4) is 0 Å². The van der Waals surface area contributed by atoms with Crippen LogP contribution >= 0.6 is 0 Å². The summed E-state index contributed by atoms with van der Waals surface area (Å²) in [5, 5.41) is 14.8. The number of nitrogens with zero attached hydrogens (tertiary/aromatic N) is 2. The van der Waals surface area contributed by atoms with Gasteiger partial charge >= 0.3 is 0 Å². The third-order valence-electron chi connectivity index (χ3n) is 2.89. The first-order chi connectivity index (χ1) is 7.11. The van der Waals surface area contributed by atoms with Crippen molar-refractivity contribution in [3.05, 3.63) is 0 Å². The van der Waals surface area contributed by atoms with Gasteiger partial charge in [-0.1, -0.05) is 5.16 Å². The Balaban J connectivity index is 2.14. The lowest BCUT2D eigenvalue weighted by atomic mass is 10.1. The van der Waals surface area contributed by atoms with E-state index in [-0.39, 0.29) is 6.04 Å². The second-order valence-corrected chi connectivity index (χ2v) is 4.52. The highest BCUT2D eigenvalue weighted by molar-refractivity contribution is 5.80. The van der Waals surface area contributed by atoms with E-state index in [9.17, 15) is 0 Å². The van der Waals surface area contributed by atoms with Gasteiger partial charge in [-0.2, -0.15) is 0 Å². The third kappa shape index (κ3) is 4.48. The molecular formula is C10H22N4O. The van der Waals surface area contributed by atoms with E-state index in [1.807, 2.05) is 0 Å². The van der Waals surface area contributed by atoms with Crippen LogP contribution in [0.25, 0.3) is 0 Å². The molecule has 0 bridgehead atoms. The summed E-state index contributed by atoms with van der Waals surface area (Å²) in [6, 6.07) is 0.270. The first-order valence-electron chi connectivity index (χ1n) is 5.50. The van der Waals surface area contributed by atoms with E-state index in [1.165, 1.54) is 19.5 Å². The number of likely N-dealkylation sites (tertiary alicyclic amines) is 1. The molecule has 0 aliphatic carbocycles. The van der Waals surface area contributed by atoms with E-state index < -0.39 is 0 Å². The van der Waals surface area contributed by atoms with Gasteiger partial charge in [-0.05, 0) is 39.4 Å². The lowest BCUT2D eigenvalue weighted by Crippen LogP contribution is -2.35. The summed E-state index contributed by atoms with van der Waals surface area (Å²) in [6.45, 7) is 5.44. The van der Waals surface area contributed by atoms with Crippen molar-refractivity contribution in [3.63, 3.8) is 0 Å². The van der Waals surface area contributed by atoms with Crippen molar-refractivity contribution in [2.45, 2.75) is 25.8 Å². The summed E-state index contributed by atoms with van der Waals surface area (Å²) in [6.07, 6.45) is 1.86. The number of amidine groups is 1. The minimum absolute atomic E-state index is 0.270. The zero-order valence-corrected chi connectivity index (χ0v) is 9.61. The summed E-state index contributed by atoms with van der Waals surface area (Å²) >= 11 is 0. The maximum absolute atomic E-state index is 8.43. The first-order valence-corrected chi connectivity index (χ1v) is 5.50. The molecular weight excluding hydrogens is 192 g/mol. The molecule has 2 atom stereocenters. The minimum atomic E-state index is 0.270. The van der Waals surface area contributed by atoms with Gasteiger partial charge in [0.1, 0.15) is 5.84 Å².